The minimum atomic E-state index is -0.331. The molecular weight excluding hydrogens is 356 g/mol. The molecule has 23 heavy (non-hydrogen) atoms. The first-order chi connectivity index (χ1) is 11.1. The minimum Gasteiger partial charge on any atom is -0.508 e. The lowest BCUT2D eigenvalue weighted by molar-refractivity contribution is -0.134. The van der Waals surface area contributed by atoms with Gasteiger partial charge >= 0.3 is 0 Å². The Kier molecular flexibility index (Phi) is 4.39. The number of aromatic hydroxyl groups is 1. The highest BCUT2D eigenvalue weighted by molar-refractivity contribution is 9.10. The van der Waals surface area contributed by atoms with Gasteiger partial charge in [-0.2, -0.15) is 0 Å². The number of hydrogen-bond acceptors (Lipinski definition) is 3. The average Bonchev–Trinajstić information content (AvgIpc) is 3.00. The molecule has 5 heteroatoms. The van der Waals surface area contributed by atoms with Gasteiger partial charge in [-0.1, -0.05) is 53.2 Å². The number of carbonyl (C=O) groups is 1. The van der Waals surface area contributed by atoms with Gasteiger partial charge in [0.2, 0.25) is 5.91 Å². The molecule has 2 N–H and O–H groups in total. The van der Waals surface area contributed by atoms with Crippen LogP contribution in [-0.4, -0.2) is 16.0 Å². The van der Waals surface area contributed by atoms with Gasteiger partial charge in [-0.05, 0) is 29.8 Å². The van der Waals surface area contributed by atoms with Gasteiger partial charge in [0.25, 0.3) is 0 Å². The summed E-state index contributed by atoms with van der Waals surface area (Å²) in [6, 6.07) is 14.6. The molecule has 0 fully saturated rings. The van der Waals surface area contributed by atoms with E-state index < -0.39 is 0 Å². The zero-order valence-corrected chi connectivity index (χ0v) is 14.2. The van der Waals surface area contributed by atoms with Crippen molar-refractivity contribution >= 4 is 27.5 Å². The van der Waals surface area contributed by atoms with E-state index in [0.717, 1.165) is 15.7 Å². The lowest BCUT2D eigenvalue weighted by atomic mass is 10.0. The summed E-state index contributed by atoms with van der Waals surface area (Å²) in [5.74, 6) is 0.156. The monoisotopic (exact) mass is 372 g/mol. The van der Waals surface area contributed by atoms with E-state index in [4.69, 9.17) is 0 Å². The fourth-order valence-corrected chi connectivity index (χ4v) is 2.88. The van der Waals surface area contributed by atoms with E-state index in [1.54, 1.807) is 17.1 Å². The van der Waals surface area contributed by atoms with Crippen LogP contribution in [0.3, 0.4) is 0 Å². The minimum absolute atomic E-state index is 0.0263. The Morgan fingerprint density at radius 1 is 1.22 bits per heavy atom. The second kappa shape index (κ2) is 6.46. The van der Waals surface area contributed by atoms with E-state index in [1.807, 2.05) is 49.4 Å². The number of para-hydroxylation sites is 1. The number of benzene rings is 2. The summed E-state index contributed by atoms with van der Waals surface area (Å²) in [5, 5.41) is 11.7. The second-order valence-electron chi connectivity index (χ2n) is 5.32. The average molecular weight is 373 g/mol. The number of nitrogens with zero attached hydrogens (tertiary/aromatic N) is 1. The van der Waals surface area contributed by atoms with Gasteiger partial charge in [-0.15, -0.1) is 0 Å². The highest BCUT2D eigenvalue weighted by Crippen LogP contribution is 2.35. The molecule has 0 bridgehead atoms. The molecule has 0 radical (unpaired) electrons. The molecule has 118 valence electrons. The van der Waals surface area contributed by atoms with Crippen molar-refractivity contribution < 1.29 is 9.90 Å². The van der Waals surface area contributed by atoms with E-state index >= 15 is 0 Å². The van der Waals surface area contributed by atoms with Crippen LogP contribution in [0, 0.1) is 0 Å². The van der Waals surface area contributed by atoms with Gasteiger partial charge < -0.3 is 5.11 Å². The highest BCUT2D eigenvalue weighted by Gasteiger charge is 2.31. The van der Waals surface area contributed by atoms with E-state index in [0.29, 0.717) is 12.0 Å². The first-order valence-electron chi connectivity index (χ1n) is 7.44. The van der Waals surface area contributed by atoms with Crippen molar-refractivity contribution in [2.75, 3.05) is 0 Å². The molecule has 0 spiro atoms. The molecule has 1 atom stereocenters. The van der Waals surface area contributed by atoms with Crippen LogP contribution < -0.4 is 5.43 Å². The molecule has 1 aliphatic heterocycles. The topological polar surface area (TPSA) is 52.6 Å². The van der Waals surface area contributed by atoms with E-state index in [-0.39, 0.29) is 17.7 Å². The Balaban J connectivity index is 2.00. The first kappa shape index (κ1) is 15.6. The van der Waals surface area contributed by atoms with Crippen LogP contribution in [0.2, 0.25) is 0 Å². The number of rotatable bonds is 3. The third-order valence-electron chi connectivity index (χ3n) is 3.83. The number of amides is 1. The number of halogens is 1. The Morgan fingerprint density at radius 2 is 1.91 bits per heavy atom. The van der Waals surface area contributed by atoms with Gasteiger partial charge in [0, 0.05) is 16.5 Å². The van der Waals surface area contributed by atoms with Gasteiger partial charge in [0.05, 0.1) is 5.70 Å². The van der Waals surface area contributed by atoms with E-state index in [1.165, 1.54) is 0 Å². The quantitative estimate of drug-likeness (QED) is 0.856. The molecule has 1 heterocycles. The summed E-state index contributed by atoms with van der Waals surface area (Å²) in [5.41, 5.74) is 5.71. The van der Waals surface area contributed by atoms with Crippen molar-refractivity contribution in [2.45, 2.75) is 19.4 Å². The molecule has 0 saturated carbocycles. The zero-order chi connectivity index (χ0) is 16.4. The predicted molar refractivity (Wildman–Crippen MR) is 93.2 cm³/mol. The molecule has 4 nitrogen and oxygen atoms in total. The van der Waals surface area contributed by atoms with E-state index in [9.17, 15) is 9.90 Å². The number of hydrogen-bond donors (Lipinski definition) is 2. The molecule has 0 aromatic heterocycles. The smallest absolute Gasteiger partial charge is 0.241 e. The standard InChI is InChI=1S/C18H17BrN2O2/c1-2-18(23)21-16(14-5-3-4-6-17(14)22)11-15(20-21)12-7-9-13(19)10-8-12/h3-11,16,20,22H,2H2,1H3/t16-/m1/s1. The summed E-state index contributed by atoms with van der Waals surface area (Å²) in [7, 11) is 0. The Labute approximate surface area is 143 Å². The summed E-state index contributed by atoms with van der Waals surface area (Å²) in [4.78, 5) is 12.3. The SMILES string of the molecule is CCC(=O)N1NC(c2ccc(Br)cc2)=C[C@@H]1c1ccccc1O. The summed E-state index contributed by atoms with van der Waals surface area (Å²) >= 11 is 3.42. The van der Waals surface area contributed by atoms with Gasteiger partial charge in [-0.3, -0.25) is 10.2 Å². The second-order valence-corrected chi connectivity index (χ2v) is 6.24. The molecule has 2 aromatic rings. The molecule has 1 amide bonds. The maximum absolute atomic E-state index is 12.3. The highest BCUT2D eigenvalue weighted by atomic mass is 79.9. The largest absolute Gasteiger partial charge is 0.508 e. The third kappa shape index (κ3) is 3.10. The van der Waals surface area contributed by atoms with E-state index in [2.05, 4.69) is 21.4 Å². The predicted octanol–water partition coefficient (Wildman–Crippen LogP) is 3.99. The Morgan fingerprint density at radius 3 is 2.57 bits per heavy atom. The van der Waals surface area contributed by atoms with Crippen molar-refractivity contribution in [3.63, 3.8) is 0 Å². The third-order valence-corrected chi connectivity index (χ3v) is 4.35. The number of phenolic OH excluding ortho intramolecular Hbond substituents is 1. The number of nitrogens with one attached hydrogen (secondary N) is 1. The maximum Gasteiger partial charge on any atom is 0.241 e. The number of phenols is 1. The molecule has 3 rings (SSSR count). The Bertz CT molecular complexity index is 756. The van der Waals surface area contributed by atoms with Crippen LogP contribution in [0.4, 0.5) is 0 Å². The summed E-state index contributed by atoms with van der Waals surface area (Å²) in [6.07, 6.45) is 2.35. The molecule has 0 unspecified atom stereocenters. The fourth-order valence-electron chi connectivity index (χ4n) is 2.61. The van der Waals surface area contributed by atoms with Crippen LogP contribution in [-0.2, 0) is 4.79 Å². The van der Waals surface area contributed by atoms with Crippen LogP contribution in [0.15, 0.2) is 59.1 Å². The lowest BCUT2D eigenvalue weighted by Crippen LogP contribution is -2.39. The molecular formula is C18H17BrN2O2. The van der Waals surface area contributed by atoms with Crippen molar-refractivity contribution in [2.24, 2.45) is 0 Å². The summed E-state index contributed by atoms with van der Waals surface area (Å²) in [6.45, 7) is 1.82. The lowest BCUT2D eigenvalue weighted by Gasteiger charge is -2.25. The van der Waals surface area contributed by atoms with Crippen LogP contribution >= 0.6 is 15.9 Å². The molecule has 0 saturated heterocycles. The van der Waals surface area contributed by atoms with Crippen molar-refractivity contribution in [1.82, 2.24) is 10.4 Å². The van der Waals surface area contributed by atoms with Crippen LogP contribution in [0.1, 0.15) is 30.5 Å². The van der Waals surface area contributed by atoms with Crippen molar-refractivity contribution in [3.05, 3.63) is 70.2 Å². The fraction of sp³-hybridized carbons (Fsp3) is 0.167. The molecule has 2 aromatic carbocycles. The molecule has 0 aliphatic carbocycles. The van der Waals surface area contributed by atoms with Crippen molar-refractivity contribution in [1.29, 1.82) is 0 Å². The van der Waals surface area contributed by atoms with Gasteiger partial charge in [-0.25, -0.2) is 5.01 Å². The summed E-state index contributed by atoms with van der Waals surface area (Å²) < 4.78 is 0.999. The zero-order valence-electron chi connectivity index (χ0n) is 12.7. The van der Waals surface area contributed by atoms with Gasteiger partial charge in [0.15, 0.2) is 0 Å². The van der Waals surface area contributed by atoms with Crippen LogP contribution in [0.25, 0.3) is 5.70 Å². The van der Waals surface area contributed by atoms with Crippen LogP contribution in [0.5, 0.6) is 5.75 Å². The first-order valence-corrected chi connectivity index (χ1v) is 8.24. The maximum atomic E-state index is 12.3. The Hall–Kier alpha value is -2.27. The molecule has 1 aliphatic rings. The normalized spacial score (nSPS) is 16.9. The number of hydrazine groups is 1. The van der Waals surface area contributed by atoms with Crippen molar-refractivity contribution in [3.8, 4) is 5.75 Å². The number of carbonyl (C=O) groups excluding carboxylic acids is 1. The van der Waals surface area contributed by atoms with Gasteiger partial charge in [0.1, 0.15) is 11.8 Å².